The normalized spacial score (nSPS) is 10.1. The minimum atomic E-state index is -0.733. The highest BCUT2D eigenvalue weighted by molar-refractivity contribution is 5.97. The molecule has 0 saturated carbocycles. The molecule has 1 aromatic carbocycles. The van der Waals surface area contributed by atoms with E-state index >= 15 is 0 Å². The third-order valence-corrected chi connectivity index (χ3v) is 3.45. The molecule has 0 fully saturated rings. The first kappa shape index (κ1) is 19.0. The van der Waals surface area contributed by atoms with Crippen LogP contribution < -0.4 is 15.4 Å². The zero-order chi connectivity index (χ0) is 19.1. The van der Waals surface area contributed by atoms with Crippen molar-refractivity contribution >= 4 is 17.9 Å². The molecule has 138 valence electrons. The lowest BCUT2D eigenvalue weighted by atomic mass is 10.2. The van der Waals surface area contributed by atoms with Crippen molar-refractivity contribution in [3.8, 4) is 5.75 Å². The molecule has 3 amide bonds. The Balaban J connectivity index is 1.92. The van der Waals surface area contributed by atoms with Gasteiger partial charge in [-0.1, -0.05) is 11.2 Å². The second-order valence-electron chi connectivity index (χ2n) is 5.32. The van der Waals surface area contributed by atoms with Crippen LogP contribution >= 0.6 is 0 Å². The lowest BCUT2D eigenvalue weighted by molar-refractivity contribution is -0.123. The van der Waals surface area contributed by atoms with E-state index in [0.29, 0.717) is 11.5 Å². The van der Waals surface area contributed by atoms with Crippen LogP contribution in [0, 0.1) is 13.8 Å². The summed E-state index contributed by atoms with van der Waals surface area (Å²) in [4.78, 5) is 34.4. The molecule has 0 radical (unpaired) electrons. The molecule has 2 N–H and O–H groups in total. The fourth-order valence-corrected chi connectivity index (χ4v) is 2.02. The zero-order valence-electron chi connectivity index (χ0n) is 14.6. The Morgan fingerprint density at radius 2 is 2.00 bits per heavy atom. The number of nitrogens with one attached hydrogen (secondary N) is 2. The maximum atomic E-state index is 12.0. The van der Waals surface area contributed by atoms with Gasteiger partial charge >= 0.3 is 12.0 Å². The Labute approximate surface area is 149 Å². The summed E-state index contributed by atoms with van der Waals surface area (Å²) in [6.07, 6.45) is 0. The summed E-state index contributed by atoms with van der Waals surface area (Å²) in [6, 6.07) is 5.66. The molecule has 0 atom stereocenters. The first-order valence-electron chi connectivity index (χ1n) is 7.74. The van der Waals surface area contributed by atoms with Crippen molar-refractivity contribution in [3.05, 3.63) is 46.8 Å². The average Bonchev–Trinajstić information content (AvgIpc) is 2.96. The number of esters is 1. The van der Waals surface area contributed by atoms with E-state index in [1.54, 1.807) is 19.1 Å². The molecule has 0 bridgehead atoms. The van der Waals surface area contributed by atoms with Crippen LogP contribution in [0.3, 0.4) is 0 Å². The van der Waals surface area contributed by atoms with Crippen molar-refractivity contribution in [2.45, 2.75) is 20.5 Å². The van der Waals surface area contributed by atoms with Crippen LogP contribution in [0.15, 0.2) is 28.8 Å². The number of hydrogen-bond acceptors (Lipinski definition) is 7. The van der Waals surface area contributed by atoms with E-state index < -0.39 is 24.5 Å². The van der Waals surface area contributed by atoms with E-state index in [0.717, 1.165) is 11.3 Å². The predicted molar refractivity (Wildman–Crippen MR) is 89.6 cm³/mol. The maximum absolute atomic E-state index is 12.0. The van der Waals surface area contributed by atoms with Crippen molar-refractivity contribution in [3.63, 3.8) is 0 Å². The standard InChI is InChI=1S/C17H19N3O6/c1-10-14(11(2)26-20-10)8-24-13-6-4-5-12(7-13)16(22)25-9-15(21)19-17(23)18-3/h4-7H,8-9H2,1-3H3,(H2,18,19,21,23). The molecule has 1 aromatic heterocycles. The molecule has 0 saturated heterocycles. The molecule has 1 heterocycles. The van der Waals surface area contributed by atoms with Crippen molar-refractivity contribution in [1.82, 2.24) is 15.8 Å². The highest BCUT2D eigenvalue weighted by Crippen LogP contribution is 2.18. The quantitative estimate of drug-likeness (QED) is 0.748. The minimum absolute atomic E-state index is 0.217. The Hall–Kier alpha value is -3.36. The molecule has 0 aliphatic heterocycles. The Morgan fingerprint density at radius 1 is 1.23 bits per heavy atom. The lowest BCUT2D eigenvalue weighted by Crippen LogP contribution is -2.39. The molecule has 2 rings (SSSR count). The number of benzene rings is 1. The highest BCUT2D eigenvalue weighted by Gasteiger charge is 2.14. The fraction of sp³-hybridized carbons (Fsp3) is 0.294. The first-order valence-corrected chi connectivity index (χ1v) is 7.74. The molecule has 26 heavy (non-hydrogen) atoms. The summed E-state index contributed by atoms with van der Waals surface area (Å²) >= 11 is 0. The number of aryl methyl sites for hydroxylation is 2. The summed E-state index contributed by atoms with van der Waals surface area (Å²) in [7, 11) is 1.36. The van der Waals surface area contributed by atoms with Crippen LogP contribution in [-0.4, -0.2) is 36.7 Å². The van der Waals surface area contributed by atoms with Gasteiger partial charge in [-0.3, -0.25) is 10.1 Å². The van der Waals surface area contributed by atoms with Gasteiger partial charge in [0.1, 0.15) is 18.1 Å². The van der Waals surface area contributed by atoms with Crippen molar-refractivity contribution < 1.29 is 28.4 Å². The van der Waals surface area contributed by atoms with E-state index in [9.17, 15) is 14.4 Å². The Bertz CT molecular complexity index is 795. The Morgan fingerprint density at radius 3 is 2.65 bits per heavy atom. The number of hydrogen-bond donors (Lipinski definition) is 2. The smallest absolute Gasteiger partial charge is 0.338 e. The number of carbonyl (C=O) groups excluding carboxylic acids is 3. The van der Waals surface area contributed by atoms with Crippen LogP contribution in [0.25, 0.3) is 0 Å². The molecule has 0 spiro atoms. The van der Waals surface area contributed by atoms with Gasteiger partial charge in [0, 0.05) is 7.05 Å². The number of aromatic nitrogens is 1. The highest BCUT2D eigenvalue weighted by atomic mass is 16.5. The molecular formula is C17H19N3O6. The van der Waals surface area contributed by atoms with Crippen molar-refractivity contribution in [1.29, 1.82) is 0 Å². The van der Waals surface area contributed by atoms with Gasteiger partial charge in [-0.25, -0.2) is 9.59 Å². The number of amides is 3. The van der Waals surface area contributed by atoms with Gasteiger partial charge in [0.15, 0.2) is 6.61 Å². The van der Waals surface area contributed by atoms with E-state index in [-0.39, 0.29) is 12.2 Å². The molecule has 9 heteroatoms. The van der Waals surface area contributed by atoms with Crippen LogP contribution in [0.2, 0.25) is 0 Å². The second kappa shape index (κ2) is 8.65. The monoisotopic (exact) mass is 361 g/mol. The van der Waals surface area contributed by atoms with Gasteiger partial charge in [-0.15, -0.1) is 0 Å². The first-order chi connectivity index (χ1) is 12.4. The van der Waals surface area contributed by atoms with Crippen LogP contribution in [-0.2, 0) is 16.1 Å². The summed E-state index contributed by atoms with van der Waals surface area (Å²) in [6.45, 7) is 3.27. The van der Waals surface area contributed by atoms with Gasteiger partial charge in [-0.2, -0.15) is 0 Å². The predicted octanol–water partition coefficient (Wildman–Crippen LogP) is 1.48. The van der Waals surface area contributed by atoms with Gasteiger partial charge in [0.2, 0.25) is 0 Å². The Kier molecular flexibility index (Phi) is 6.31. The molecule has 0 aliphatic rings. The number of rotatable bonds is 6. The number of carbonyl (C=O) groups is 3. The summed E-state index contributed by atoms with van der Waals surface area (Å²) < 4.78 is 15.6. The second-order valence-corrected chi connectivity index (χ2v) is 5.32. The van der Waals surface area contributed by atoms with Crippen molar-refractivity contribution in [2.24, 2.45) is 0 Å². The number of nitrogens with zero attached hydrogens (tertiary/aromatic N) is 1. The van der Waals surface area contributed by atoms with E-state index in [4.69, 9.17) is 14.0 Å². The van der Waals surface area contributed by atoms with Crippen molar-refractivity contribution in [2.75, 3.05) is 13.7 Å². The van der Waals surface area contributed by atoms with E-state index in [2.05, 4.69) is 10.5 Å². The maximum Gasteiger partial charge on any atom is 0.338 e. The molecular weight excluding hydrogens is 342 g/mol. The summed E-state index contributed by atoms with van der Waals surface area (Å²) in [5.41, 5.74) is 1.79. The van der Waals surface area contributed by atoms with Gasteiger partial charge < -0.3 is 19.3 Å². The third-order valence-electron chi connectivity index (χ3n) is 3.45. The van der Waals surface area contributed by atoms with Gasteiger partial charge in [0.25, 0.3) is 5.91 Å². The minimum Gasteiger partial charge on any atom is -0.489 e. The number of urea groups is 1. The third kappa shape index (κ3) is 5.07. The SMILES string of the molecule is CNC(=O)NC(=O)COC(=O)c1cccc(OCc2c(C)noc2C)c1. The molecule has 0 aliphatic carbocycles. The van der Waals surface area contributed by atoms with Crippen LogP contribution in [0.5, 0.6) is 5.75 Å². The van der Waals surface area contributed by atoms with E-state index in [1.165, 1.54) is 19.2 Å². The molecule has 9 nitrogen and oxygen atoms in total. The van der Waals surface area contributed by atoms with Gasteiger partial charge in [0.05, 0.1) is 16.8 Å². The summed E-state index contributed by atoms with van der Waals surface area (Å²) in [5.74, 6) is -0.321. The average molecular weight is 361 g/mol. The summed E-state index contributed by atoms with van der Waals surface area (Å²) in [5, 5.41) is 8.05. The lowest BCUT2D eigenvalue weighted by Gasteiger charge is -2.08. The topological polar surface area (TPSA) is 120 Å². The zero-order valence-corrected chi connectivity index (χ0v) is 14.6. The largest absolute Gasteiger partial charge is 0.489 e. The number of imide groups is 1. The molecule has 2 aromatic rings. The van der Waals surface area contributed by atoms with E-state index in [1.807, 2.05) is 12.2 Å². The van der Waals surface area contributed by atoms with Crippen LogP contribution in [0.1, 0.15) is 27.4 Å². The fourth-order valence-electron chi connectivity index (χ4n) is 2.02. The molecule has 0 unspecified atom stereocenters. The number of ether oxygens (including phenoxy) is 2. The van der Waals surface area contributed by atoms with Gasteiger partial charge in [-0.05, 0) is 32.0 Å². The van der Waals surface area contributed by atoms with Crippen LogP contribution in [0.4, 0.5) is 4.79 Å².